The summed E-state index contributed by atoms with van der Waals surface area (Å²) in [6, 6.07) is 19.2. The van der Waals surface area contributed by atoms with E-state index in [1.165, 1.54) is 22.6 Å². The number of hydrogen-bond acceptors (Lipinski definition) is 3. The number of benzene rings is 2. The van der Waals surface area contributed by atoms with E-state index in [0.29, 0.717) is 10.6 Å². The molecule has 0 aliphatic carbocycles. The van der Waals surface area contributed by atoms with Crippen molar-refractivity contribution in [3.8, 4) is 0 Å². The van der Waals surface area contributed by atoms with Gasteiger partial charge in [-0.05, 0) is 42.5 Å². The van der Waals surface area contributed by atoms with Crippen LogP contribution in [0.3, 0.4) is 0 Å². The summed E-state index contributed by atoms with van der Waals surface area (Å²) in [5, 5.41) is 0. The van der Waals surface area contributed by atoms with E-state index >= 15 is 0 Å². The molecule has 2 aliphatic heterocycles. The van der Waals surface area contributed by atoms with Crippen LogP contribution < -0.4 is 0 Å². The highest BCUT2D eigenvalue weighted by Crippen LogP contribution is 2.45. The molecule has 0 N–H and O–H groups in total. The van der Waals surface area contributed by atoms with Crippen LogP contribution in [0.15, 0.2) is 54.6 Å². The van der Waals surface area contributed by atoms with Gasteiger partial charge in [0.1, 0.15) is 0 Å². The highest BCUT2D eigenvalue weighted by molar-refractivity contribution is 8.19. The quantitative estimate of drug-likeness (QED) is 0.755. The van der Waals surface area contributed by atoms with Gasteiger partial charge in [-0.25, -0.2) is 0 Å². The molecule has 2 heterocycles. The lowest BCUT2D eigenvalue weighted by Gasteiger charge is -2.25. The molecule has 0 bridgehead atoms. The standard InChI is InChI=1S/C21H23NOS2/c23-20(17-8-10-18(11-9-17)21-24-13-14-25-21)22-12-4-7-19(22)15-16-5-2-1-3-6-16/h1-3,5-6,8-11,19,21H,4,7,12-15H2/t19-/m1/s1. The first kappa shape index (κ1) is 17.0. The first-order valence-corrected chi connectivity index (χ1v) is 11.1. The Bertz CT molecular complexity index is 710. The van der Waals surface area contributed by atoms with Gasteiger partial charge in [0.05, 0.1) is 4.58 Å². The lowest BCUT2D eigenvalue weighted by atomic mass is 10.0. The van der Waals surface area contributed by atoms with Crippen LogP contribution in [0.25, 0.3) is 0 Å². The summed E-state index contributed by atoms with van der Waals surface area (Å²) in [6.45, 7) is 0.881. The summed E-state index contributed by atoms with van der Waals surface area (Å²) in [5.74, 6) is 2.65. The number of carbonyl (C=O) groups excluding carboxylic acids is 1. The van der Waals surface area contributed by atoms with Crippen LogP contribution in [0.1, 0.15) is 38.9 Å². The summed E-state index contributed by atoms with van der Waals surface area (Å²) in [7, 11) is 0. The molecule has 2 aliphatic rings. The summed E-state index contributed by atoms with van der Waals surface area (Å²) in [6.07, 6.45) is 3.17. The molecule has 1 amide bonds. The molecule has 2 fully saturated rings. The Hall–Kier alpha value is -1.39. The third-order valence-corrected chi connectivity index (χ3v) is 8.11. The molecule has 2 aromatic rings. The van der Waals surface area contributed by atoms with Crippen LogP contribution in [-0.2, 0) is 6.42 Å². The largest absolute Gasteiger partial charge is 0.335 e. The van der Waals surface area contributed by atoms with Crippen molar-refractivity contribution in [3.63, 3.8) is 0 Å². The third kappa shape index (κ3) is 3.90. The molecule has 2 saturated heterocycles. The Morgan fingerprint density at radius 2 is 1.72 bits per heavy atom. The van der Waals surface area contributed by atoms with Crippen molar-refractivity contribution in [3.05, 3.63) is 71.3 Å². The molecule has 0 spiro atoms. The summed E-state index contributed by atoms with van der Waals surface area (Å²) < 4.78 is 0.543. The monoisotopic (exact) mass is 369 g/mol. The molecule has 4 heteroatoms. The molecule has 0 aromatic heterocycles. The highest BCUT2D eigenvalue weighted by Gasteiger charge is 2.29. The van der Waals surface area contributed by atoms with Crippen molar-refractivity contribution >= 4 is 29.4 Å². The minimum Gasteiger partial charge on any atom is -0.335 e. The van der Waals surface area contributed by atoms with Gasteiger partial charge in [-0.3, -0.25) is 4.79 Å². The van der Waals surface area contributed by atoms with Crippen LogP contribution in [-0.4, -0.2) is 34.9 Å². The Kier molecular flexibility index (Phi) is 5.37. The van der Waals surface area contributed by atoms with Gasteiger partial charge in [0.15, 0.2) is 0 Å². The van der Waals surface area contributed by atoms with E-state index in [0.717, 1.165) is 31.4 Å². The Labute approximate surface area is 158 Å². The maximum Gasteiger partial charge on any atom is 0.254 e. The predicted octanol–water partition coefficient (Wildman–Crippen LogP) is 5.01. The van der Waals surface area contributed by atoms with Gasteiger partial charge in [-0.2, -0.15) is 0 Å². The fourth-order valence-electron chi connectivity index (χ4n) is 3.70. The Morgan fingerprint density at radius 1 is 1.00 bits per heavy atom. The molecule has 1 atom stereocenters. The zero-order valence-electron chi connectivity index (χ0n) is 14.3. The molecule has 2 aromatic carbocycles. The van der Waals surface area contributed by atoms with Crippen molar-refractivity contribution in [1.82, 2.24) is 4.90 Å². The van der Waals surface area contributed by atoms with E-state index in [2.05, 4.69) is 41.3 Å². The minimum absolute atomic E-state index is 0.191. The van der Waals surface area contributed by atoms with E-state index in [1.807, 2.05) is 41.7 Å². The van der Waals surface area contributed by atoms with Crippen LogP contribution in [0.5, 0.6) is 0 Å². The second-order valence-electron chi connectivity index (χ2n) is 6.68. The van der Waals surface area contributed by atoms with E-state index in [9.17, 15) is 4.79 Å². The van der Waals surface area contributed by atoms with Crippen LogP contribution in [0.2, 0.25) is 0 Å². The molecule has 0 unspecified atom stereocenters. The second kappa shape index (κ2) is 7.88. The van der Waals surface area contributed by atoms with Crippen molar-refractivity contribution in [2.24, 2.45) is 0 Å². The number of likely N-dealkylation sites (tertiary alicyclic amines) is 1. The normalized spacial score (nSPS) is 21.0. The van der Waals surface area contributed by atoms with Crippen molar-refractivity contribution in [1.29, 1.82) is 0 Å². The number of nitrogens with zero attached hydrogens (tertiary/aromatic N) is 1. The van der Waals surface area contributed by atoms with Gasteiger partial charge in [0.25, 0.3) is 5.91 Å². The van der Waals surface area contributed by atoms with Gasteiger partial charge in [-0.15, -0.1) is 23.5 Å². The van der Waals surface area contributed by atoms with E-state index in [4.69, 9.17) is 0 Å². The number of carbonyl (C=O) groups is 1. The van der Waals surface area contributed by atoms with Gasteiger partial charge >= 0.3 is 0 Å². The summed E-state index contributed by atoms with van der Waals surface area (Å²) in [4.78, 5) is 15.1. The molecular weight excluding hydrogens is 346 g/mol. The number of hydrogen-bond donors (Lipinski definition) is 0. The lowest BCUT2D eigenvalue weighted by Crippen LogP contribution is -2.36. The predicted molar refractivity (Wildman–Crippen MR) is 108 cm³/mol. The highest BCUT2D eigenvalue weighted by atomic mass is 32.2. The molecule has 130 valence electrons. The van der Waals surface area contributed by atoms with E-state index in [1.54, 1.807) is 0 Å². The van der Waals surface area contributed by atoms with Crippen LogP contribution in [0, 0.1) is 0 Å². The maximum atomic E-state index is 13.0. The van der Waals surface area contributed by atoms with E-state index < -0.39 is 0 Å². The summed E-state index contributed by atoms with van der Waals surface area (Å²) in [5.41, 5.74) is 3.49. The Balaban J connectivity index is 1.45. The first-order chi connectivity index (χ1) is 12.3. The third-order valence-electron chi connectivity index (χ3n) is 5.00. The van der Waals surface area contributed by atoms with Gasteiger partial charge in [0.2, 0.25) is 0 Å². The number of amides is 1. The zero-order valence-corrected chi connectivity index (χ0v) is 15.9. The van der Waals surface area contributed by atoms with Crippen molar-refractivity contribution in [2.75, 3.05) is 18.1 Å². The fraction of sp³-hybridized carbons (Fsp3) is 0.381. The minimum atomic E-state index is 0.191. The van der Waals surface area contributed by atoms with E-state index in [-0.39, 0.29) is 5.91 Å². The summed E-state index contributed by atoms with van der Waals surface area (Å²) >= 11 is 4.01. The zero-order chi connectivity index (χ0) is 17.1. The molecule has 0 radical (unpaired) electrons. The number of rotatable bonds is 4. The average molecular weight is 370 g/mol. The van der Waals surface area contributed by atoms with Gasteiger partial charge in [-0.1, -0.05) is 42.5 Å². The Morgan fingerprint density at radius 3 is 2.44 bits per heavy atom. The maximum absolute atomic E-state index is 13.0. The fourth-order valence-corrected chi connectivity index (χ4v) is 6.56. The SMILES string of the molecule is O=C(c1ccc(C2SCCS2)cc1)N1CCC[C@@H]1Cc1ccccc1. The van der Waals surface area contributed by atoms with Crippen LogP contribution >= 0.6 is 23.5 Å². The smallest absolute Gasteiger partial charge is 0.254 e. The molecule has 25 heavy (non-hydrogen) atoms. The number of thioether (sulfide) groups is 2. The first-order valence-electron chi connectivity index (χ1n) is 8.99. The van der Waals surface area contributed by atoms with Gasteiger partial charge in [0, 0.05) is 29.7 Å². The molecule has 2 nitrogen and oxygen atoms in total. The lowest BCUT2D eigenvalue weighted by molar-refractivity contribution is 0.0736. The van der Waals surface area contributed by atoms with Crippen LogP contribution in [0.4, 0.5) is 0 Å². The van der Waals surface area contributed by atoms with Crippen molar-refractivity contribution < 1.29 is 4.79 Å². The van der Waals surface area contributed by atoms with Gasteiger partial charge < -0.3 is 4.90 Å². The topological polar surface area (TPSA) is 20.3 Å². The molecular formula is C21H23NOS2. The molecule has 4 rings (SSSR count). The average Bonchev–Trinajstić information content (AvgIpc) is 3.34. The molecule has 0 saturated carbocycles. The second-order valence-corrected chi connectivity index (χ2v) is 9.40. The van der Waals surface area contributed by atoms with Crippen molar-refractivity contribution in [2.45, 2.75) is 29.9 Å².